The molecule has 46 heavy (non-hydrogen) atoms. The summed E-state index contributed by atoms with van der Waals surface area (Å²) in [5, 5.41) is 0. The van der Waals surface area contributed by atoms with E-state index in [4.69, 9.17) is 9.47 Å². The monoisotopic (exact) mass is 638 g/mol. The summed E-state index contributed by atoms with van der Waals surface area (Å²) in [5.41, 5.74) is 1.72. The number of aromatic nitrogens is 2. The van der Waals surface area contributed by atoms with E-state index < -0.39 is 5.60 Å². The van der Waals surface area contributed by atoms with Crippen LogP contribution in [0.25, 0.3) is 0 Å². The van der Waals surface area contributed by atoms with Crippen molar-refractivity contribution < 1.29 is 23.9 Å². The van der Waals surface area contributed by atoms with E-state index in [0.29, 0.717) is 37.0 Å². The molecule has 1 aromatic heterocycles. The van der Waals surface area contributed by atoms with Crippen LogP contribution in [0.3, 0.4) is 0 Å². The van der Waals surface area contributed by atoms with Crippen LogP contribution in [0.4, 0.5) is 9.59 Å². The maximum Gasteiger partial charge on any atom is 0.410 e. The van der Waals surface area contributed by atoms with E-state index in [1.165, 1.54) is 13.4 Å². The molecule has 2 bridgehead atoms. The quantitative estimate of drug-likeness (QED) is 0.402. The number of unbranched alkanes of at least 4 members (excludes halogenated alkanes) is 1. The molecule has 11 heteroatoms. The Morgan fingerprint density at radius 3 is 2.22 bits per heavy atom. The summed E-state index contributed by atoms with van der Waals surface area (Å²) in [5.74, 6) is 0.744. The van der Waals surface area contributed by atoms with E-state index in [9.17, 15) is 14.4 Å². The molecule has 11 nitrogen and oxygen atoms in total. The summed E-state index contributed by atoms with van der Waals surface area (Å²) < 4.78 is 11.6. The first-order valence-corrected chi connectivity index (χ1v) is 17.7. The van der Waals surface area contributed by atoms with Crippen molar-refractivity contribution in [1.82, 2.24) is 29.6 Å². The van der Waals surface area contributed by atoms with Crippen LogP contribution in [0.2, 0.25) is 0 Å². The first-order valence-electron chi connectivity index (χ1n) is 17.7. The number of rotatable bonds is 7. The Hall–Kier alpha value is -2.95. The smallest absolute Gasteiger partial charge is 0.410 e. The minimum atomic E-state index is -0.401. The van der Waals surface area contributed by atoms with Gasteiger partial charge in [-0.3, -0.25) is 9.69 Å². The van der Waals surface area contributed by atoms with Crippen molar-refractivity contribution >= 4 is 18.1 Å². The highest BCUT2D eigenvalue weighted by Gasteiger charge is 2.52. The second-order valence-electron chi connectivity index (χ2n) is 15.0. The molecule has 6 rings (SSSR count). The number of hydrogen-bond donors (Lipinski definition) is 0. The molecule has 1 aromatic rings. The third-order valence-corrected chi connectivity index (χ3v) is 12.3. The molecule has 0 saturated carbocycles. The number of carbonyl (C=O) groups is 3. The van der Waals surface area contributed by atoms with Crippen LogP contribution in [0.5, 0.6) is 0 Å². The van der Waals surface area contributed by atoms with Gasteiger partial charge in [0.15, 0.2) is 0 Å². The lowest BCUT2D eigenvalue weighted by Crippen LogP contribution is -2.64. The Labute approximate surface area is 274 Å². The fourth-order valence-electron chi connectivity index (χ4n) is 9.44. The molecule has 5 saturated heterocycles. The zero-order valence-electron chi connectivity index (χ0n) is 28.6. The molecule has 6 heterocycles. The second-order valence-corrected chi connectivity index (χ2v) is 15.0. The van der Waals surface area contributed by atoms with Gasteiger partial charge in [0.05, 0.1) is 24.1 Å². The topological polar surface area (TPSA) is 108 Å². The van der Waals surface area contributed by atoms with Crippen LogP contribution in [0.15, 0.2) is 6.33 Å². The van der Waals surface area contributed by atoms with Gasteiger partial charge in [0.2, 0.25) is 0 Å². The normalized spacial score (nSPS) is 29.2. The highest BCUT2D eigenvalue weighted by molar-refractivity contribution is 5.96. The minimum absolute atomic E-state index is 0.0116. The molecule has 4 atom stereocenters. The Morgan fingerprint density at radius 1 is 1.00 bits per heavy atom. The Balaban J connectivity index is 1.06. The van der Waals surface area contributed by atoms with Gasteiger partial charge in [-0.25, -0.2) is 19.6 Å². The number of aryl methyl sites for hydroxylation is 2. The number of ether oxygens (including phenoxy) is 2. The van der Waals surface area contributed by atoms with Crippen LogP contribution in [-0.2, 0) is 9.47 Å². The zero-order valence-corrected chi connectivity index (χ0v) is 28.6. The molecule has 5 aliphatic rings. The van der Waals surface area contributed by atoms with Crippen molar-refractivity contribution in [2.24, 2.45) is 11.8 Å². The third kappa shape index (κ3) is 6.20. The van der Waals surface area contributed by atoms with Gasteiger partial charge >= 0.3 is 12.2 Å². The summed E-state index contributed by atoms with van der Waals surface area (Å²) in [6, 6.07) is 0.436. The Kier molecular flexibility index (Phi) is 9.52. The van der Waals surface area contributed by atoms with Crippen LogP contribution in [-0.4, -0.2) is 117 Å². The summed E-state index contributed by atoms with van der Waals surface area (Å²) in [4.78, 5) is 56.4. The first kappa shape index (κ1) is 33.0. The van der Waals surface area contributed by atoms with Crippen molar-refractivity contribution in [2.45, 2.75) is 122 Å². The SMILES string of the molecule is CCCC[C@H]1CN(C[C@H]2C[C@H]3CC[C@@H](C2)N3C(=O)OC)C(=O)OC12CCN(C1(C)CCN(C(=O)c3c(C)ncnc3C)CC1)CC2. The van der Waals surface area contributed by atoms with Crippen molar-refractivity contribution in [2.75, 3.05) is 46.4 Å². The van der Waals surface area contributed by atoms with Crippen molar-refractivity contribution in [3.63, 3.8) is 0 Å². The van der Waals surface area contributed by atoms with Gasteiger partial charge < -0.3 is 24.2 Å². The highest BCUT2D eigenvalue weighted by atomic mass is 16.6. The maximum atomic E-state index is 13.6. The molecule has 0 aliphatic carbocycles. The summed E-state index contributed by atoms with van der Waals surface area (Å²) in [7, 11) is 1.46. The van der Waals surface area contributed by atoms with E-state index in [1.807, 2.05) is 28.5 Å². The van der Waals surface area contributed by atoms with Gasteiger partial charge in [-0.1, -0.05) is 19.8 Å². The number of fused-ring (bicyclic) bond motifs is 2. The molecule has 254 valence electrons. The molecule has 3 amide bonds. The first-order chi connectivity index (χ1) is 22.1. The molecule has 0 N–H and O–H groups in total. The lowest BCUT2D eigenvalue weighted by molar-refractivity contribution is -0.135. The summed E-state index contributed by atoms with van der Waals surface area (Å²) in [6.45, 7) is 13.1. The molecule has 0 radical (unpaired) electrons. The molecular formula is C35H54N6O5. The predicted molar refractivity (Wildman–Crippen MR) is 173 cm³/mol. The fourth-order valence-corrected chi connectivity index (χ4v) is 9.44. The molecule has 0 unspecified atom stereocenters. The molecular weight excluding hydrogens is 584 g/mol. The third-order valence-electron chi connectivity index (χ3n) is 12.3. The van der Waals surface area contributed by atoms with Gasteiger partial charge in [-0.2, -0.15) is 0 Å². The fraction of sp³-hybridized carbons (Fsp3) is 0.800. The van der Waals surface area contributed by atoms with E-state index in [-0.39, 0.29) is 35.7 Å². The van der Waals surface area contributed by atoms with Crippen molar-refractivity contribution in [3.05, 3.63) is 23.3 Å². The summed E-state index contributed by atoms with van der Waals surface area (Å²) >= 11 is 0. The standard InChI is InChI=1S/C35H54N6O5/c1-6-7-8-27-22-39(21-26-19-28-9-10-29(20-26)41(28)33(44)45-5)32(43)46-35(27)13-17-40(18-14-35)34(4)11-15-38(16-12-34)31(42)30-24(2)36-23-37-25(30)3/h23,26-29H,6-22H2,1-5H3/t26-,27-,28+,29-/m0/s1. The lowest BCUT2D eigenvalue weighted by Gasteiger charge is -2.55. The number of methoxy groups -OCH3 is 1. The van der Waals surface area contributed by atoms with E-state index in [2.05, 4.69) is 28.7 Å². The number of likely N-dealkylation sites (tertiary alicyclic amines) is 2. The molecule has 0 aromatic carbocycles. The maximum absolute atomic E-state index is 13.6. The number of amides is 3. The highest BCUT2D eigenvalue weighted by Crippen LogP contribution is 2.45. The van der Waals surface area contributed by atoms with Gasteiger partial charge in [0, 0.05) is 75.7 Å². The van der Waals surface area contributed by atoms with Crippen molar-refractivity contribution in [3.8, 4) is 0 Å². The van der Waals surface area contributed by atoms with Crippen LogP contribution >= 0.6 is 0 Å². The summed E-state index contributed by atoms with van der Waals surface area (Å²) in [6.07, 6.45) is 11.9. The van der Waals surface area contributed by atoms with Gasteiger partial charge in [-0.05, 0) is 71.6 Å². The number of carbonyl (C=O) groups excluding carboxylic acids is 3. The van der Waals surface area contributed by atoms with E-state index >= 15 is 0 Å². The van der Waals surface area contributed by atoms with E-state index in [1.54, 1.807) is 0 Å². The molecule has 5 aliphatic heterocycles. The predicted octanol–water partition coefficient (Wildman–Crippen LogP) is 5.19. The number of nitrogens with zero attached hydrogens (tertiary/aromatic N) is 6. The zero-order chi connectivity index (χ0) is 32.6. The minimum Gasteiger partial charge on any atom is -0.453 e. The van der Waals surface area contributed by atoms with E-state index in [0.717, 1.165) is 102 Å². The Morgan fingerprint density at radius 2 is 1.63 bits per heavy atom. The largest absolute Gasteiger partial charge is 0.453 e. The second kappa shape index (κ2) is 13.3. The number of piperidine rings is 3. The van der Waals surface area contributed by atoms with Crippen molar-refractivity contribution in [1.29, 1.82) is 0 Å². The Bertz CT molecular complexity index is 1260. The number of hydrogen-bond acceptors (Lipinski definition) is 8. The van der Waals surface area contributed by atoms with Crippen LogP contribution in [0, 0.1) is 25.7 Å². The average molecular weight is 639 g/mol. The van der Waals surface area contributed by atoms with Crippen LogP contribution < -0.4 is 0 Å². The van der Waals surface area contributed by atoms with Gasteiger partial charge in [0.25, 0.3) is 5.91 Å². The van der Waals surface area contributed by atoms with Crippen LogP contribution in [0.1, 0.15) is 106 Å². The van der Waals surface area contributed by atoms with Gasteiger partial charge in [-0.15, -0.1) is 0 Å². The molecule has 5 fully saturated rings. The van der Waals surface area contributed by atoms with Gasteiger partial charge in [0.1, 0.15) is 11.9 Å². The molecule has 1 spiro atoms. The lowest BCUT2D eigenvalue weighted by atomic mass is 9.74. The average Bonchev–Trinajstić information content (AvgIpc) is 3.31.